The van der Waals surface area contributed by atoms with Crippen LogP contribution in [0.15, 0.2) is 42.5 Å². The average Bonchev–Trinajstić information content (AvgIpc) is 2.38. The molecule has 2 aromatic rings. The van der Waals surface area contributed by atoms with E-state index in [1.54, 1.807) is 7.11 Å². The highest BCUT2D eigenvalue weighted by Crippen LogP contribution is 2.29. The summed E-state index contributed by atoms with van der Waals surface area (Å²) in [5, 5.41) is 10.4. The second-order valence-corrected chi connectivity index (χ2v) is 5.32. The van der Waals surface area contributed by atoms with Crippen molar-refractivity contribution in [3.05, 3.63) is 62.7 Å². The Labute approximate surface area is 121 Å². The van der Waals surface area contributed by atoms with Crippen LogP contribution < -0.4 is 4.74 Å². The molecule has 0 spiro atoms. The van der Waals surface area contributed by atoms with Crippen LogP contribution >= 0.6 is 22.6 Å². The molecule has 0 fully saturated rings. The molecule has 3 heteroatoms. The number of aliphatic hydroxyl groups is 1. The van der Waals surface area contributed by atoms with E-state index in [4.69, 9.17) is 4.74 Å². The zero-order valence-electron chi connectivity index (χ0n) is 10.4. The van der Waals surface area contributed by atoms with E-state index in [0.717, 1.165) is 26.0 Å². The predicted octanol–water partition coefficient (Wildman–Crippen LogP) is 3.69. The normalized spacial score (nSPS) is 12.2. The van der Waals surface area contributed by atoms with Crippen LogP contribution in [0.5, 0.6) is 5.75 Å². The van der Waals surface area contributed by atoms with Crippen molar-refractivity contribution < 1.29 is 9.84 Å². The van der Waals surface area contributed by atoms with Gasteiger partial charge in [-0.3, -0.25) is 0 Å². The smallest absolute Gasteiger partial charge is 0.121 e. The van der Waals surface area contributed by atoms with Crippen LogP contribution in [0.2, 0.25) is 0 Å². The molecule has 0 amide bonds. The van der Waals surface area contributed by atoms with Gasteiger partial charge in [0, 0.05) is 3.57 Å². The summed E-state index contributed by atoms with van der Waals surface area (Å²) in [5.74, 6) is 0.841. The SMILES string of the molecule is COc1ccc(C(O)c2ccccc2I)cc1C. The minimum atomic E-state index is -0.595. The molecule has 0 aliphatic heterocycles. The fraction of sp³-hybridized carbons (Fsp3) is 0.200. The minimum absolute atomic E-state index is 0.595. The van der Waals surface area contributed by atoms with E-state index >= 15 is 0 Å². The van der Waals surface area contributed by atoms with E-state index in [1.165, 1.54) is 0 Å². The maximum Gasteiger partial charge on any atom is 0.121 e. The van der Waals surface area contributed by atoms with Crippen molar-refractivity contribution in [2.75, 3.05) is 7.11 Å². The van der Waals surface area contributed by atoms with E-state index in [0.29, 0.717) is 0 Å². The minimum Gasteiger partial charge on any atom is -0.496 e. The van der Waals surface area contributed by atoms with Crippen molar-refractivity contribution in [2.24, 2.45) is 0 Å². The highest BCUT2D eigenvalue weighted by Gasteiger charge is 2.14. The van der Waals surface area contributed by atoms with E-state index in [1.807, 2.05) is 49.4 Å². The molecule has 2 aromatic carbocycles. The molecule has 0 saturated heterocycles. The molecule has 0 heterocycles. The topological polar surface area (TPSA) is 29.5 Å². The van der Waals surface area contributed by atoms with Gasteiger partial charge in [-0.1, -0.05) is 24.3 Å². The predicted molar refractivity (Wildman–Crippen MR) is 81.0 cm³/mol. The van der Waals surface area contributed by atoms with E-state index < -0.39 is 6.10 Å². The molecule has 0 radical (unpaired) electrons. The summed E-state index contributed by atoms with van der Waals surface area (Å²) in [6.07, 6.45) is -0.595. The highest BCUT2D eigenvalue weighted by molar-refractivity contribution is 14.1. The fourth-order valence-electron chi connectivity index (χ4n) is 1.95. The third-order valence-corrected chi connectivity index (χ3v) is 3.92. The van der Waals surface area contributed by atoms with E-state index in [9.17, 15) is 5.11 Å². The maximum atomic E-state index is 10.4. The largest absolute Gasteiger partial charge is 0.496 e. The van der Waals surface area contributed by atoms with Crippen LogP contribution in [0.25, 0.3) is 0 Å². The summed E-state index contributed by atoms with van der Waals surface area (Å²) in [7, 11) is 1.65. The lowest BCUT2D eigenvalue weighted by Crippen LogP contribution is -2.02. The molecule has 0 bridgehead atoms. The van der Waals surface area contributed by atoms with Crippen LogP contribution in [-0.4, -0.2) is 12.2 Å². The first-order chi connectivity index (χ1) is 8.63. The first-order valence-electron chi connectivity index (χ1n) is 5.70. The summed E-state index contributed by atoms with van der Waals surface area (Å²) in [5.41, 5.74) is 2.85. The third-order valence-electron chi connectivity index (χ3n) is 2.93. The average molecular weight is 354 g/mol. The molecular weight excluding hydrogens is 339 g/mol. The molecule has 1 atom stereocenters. The molecule has 2 rings (SSSR count). The summed E-state index contributed by atoms with van der Waals surface area (Å²) in [4.78, 5) is 0. The second-order valence-electron chi connectivity index (χ2n) is 4.15. The number of aliphatic hydroxyl groups excluding tert-OH is 1. The van der Waals surface area contributed by atoms with E-state index in [-0.39, 0.29) is 0 Å². The number of hydrogen-bond donors (Lipinski definition) is 1. The van der Waals surface area contributed by atoms with Gasteiger partial charge < -0.3 is 9.84 Å². The van der Waals surface area contributed by atoms with Gasteiger partial charge in [-0.25, -0.2) is 0 Å². The van der Waals surface area contributed by atoms with Crippen LogP contribution in [0.1, 0.15) is 22.8 Å². The van der Waals surface area contributed by atoms with Gasteiger partial charge in [0.15, 0.2) is 0 Å². The number of ether oxygens (including phenoxy) is 1. The van der Waals surface area contributed by atoms with Crippen molar-refractivity contribution in [2.45, 2.75) is 13.0 Å². The highest BCUT2D eigenvalue weighted by atomic mass is 127. The lowest BCUT2D eigenvalue weighted by molar-refractivity contribution is 0.219. The van der Waals surface area contributed by atoms with Gasteiger partial charge >= 0.3 is 0 Å². The van der Waals surface area contributed by atoms with Crippen LogP contribution in [0.3, 0.4) is 0 Å². The molecule has 1 unspecified atom stereocenters. The first-order valence-corrected chi connectivity index (χ1v) is 6.78. The van der Waals surface area contributed by atoms with Gasteiger partial charge in [0.05, 0.1) is 7.11 Å². The Morgan fingerprint density at radius 2 is 1.89 bits per heavy atom. The zero-order chi connectivity index (χ0) is 13.1. The number of rotatable bonds is 3. The Balaban J connectivity index is 2.37. The Bertz CT molecular complexity index is 552. The second kappa shape index (κ2) is 5.71. The Kier molecular flexibility index (Phi) is 4.24. The van der Waals surface area contributed by atoms with Crippen molar-refractivity contribution in [3.63, 3.8) is 0 Å². The summed E-state index contributed by atoms with van der Waals surface area (Å²) in [6.45, 7) is 1.98. The Hall–Kier alpha value is -1.07. The molecular formula is C15H15IO2. The maximum absolute atomic E-state index is 10.4. The van der Waals surface area contributed by atoms with Gasteiger partial charge in [0.1, 0.15) is 11.9 Å². The quantitative estimate of drug-likeness (QED) is 0.852. The van der Waals surface area contributed by atoms with Crippen molar-refractivity contribution in [3.8, 4) is 5.75 Å². The molecule has 0 saturated carbocycles. The standard InChI is InChI=1S/C15H15IO2/c1-10-9-11(7-8-14(10)18-2)15(17)12-5-3-4-6-13(12)16/h3-9,15,17H,1-2H3. The van der Waals surface area contributed by atoms with Crippen LogP contribution in [0.4, 0.5) is 0 Å². The Morgan fingerprint density at radius 1 is 1.17 bits per heavy atom. The Morgan fingerprint density at radius 3 is 2.50 bits per heavy atom. The molecule has 94 valence electrons. The molecule has 18 heavy (non-hydrogen) atoms. The molecule has 0 aliphatic rings. The number of halogens is 1. The summed E-state index contributed by atoms with van der Waals surface area (Å²) >= 11 is 2.24. The number of aryl methyl sites for hydroxylation is 1. The van der Waals surface area contributed by atoms with Gasteiger partial charge in [-0.05, 0) is 64.4 Å². The van der Waals surface area contributed by atoms with Gasteiger partial charge in [-0.15, -0.1) is 0 Å². The molecule has 0 aliphatic carbocycles. The summed E-state index contributed by atoms with van der Waals surface area (Å²) < 4.78 is 6.29. The van der Waals surface area contributed by atoms with Gasteiger partial charge in [0.25, 0.3) is 0 Å². The van der Waals surface area contributed by atoms with E-state index in [2.05, 4.69) is 22.6 Å². The number of benzene rings is 2. The van der Waals surface area contributed by atoms with Crippen molar-refractivity contribution in [1.29, 1.82) is 0 Å². The first kappa shape index (κ1) is 13.4. The number of methoxy groups -OCH3 is 1. The fourth-order valence-corrected chi connectivity index (χ4v) is 2.63. The van der Waals surface area contributed by atoms with Crippen molar-refractivity contribution in [1.82, 2.24) is 0 Å². The van der Waals surface area contributed by atoms with Crippen LogP contribution in [0, 0.1) is 10.5 Å². The van der Waals surface area contributed by atoms with Gasteiger partial charge in [0.2, 0.25) is 0 Å². The third kappa shape index (κ3) is 2.67. The molecule has 1 N–H and O–H groups in total. The molecule has 2 nitrogen and oxygen atoms in total. The van der Waals surface area contributed by atoms with Crippen molar-refractivity contribution >= 4 is 22.6 Å². The van der Waals surface area contributed by atoms with Crippen LogP contribution in [-0.2, 0) is 0 Å². The molecule has 0 aromatic heterocycles. The van der Waals surface area contributed by atoms with Gasteiger partial charge in [-0.2, -0.15) is 0 Å². The zero-order valence-corrected chi connectivity index (χ0v) is 12.5. The lowest BCUT2D eigenvalue weighted by Gasteiger charge is -2.15. The summed E-state index contributed by atoms with van der Waals surface area (Å²) in [6, 6.07) is 13.6. The monoisotopic (exact) mass is 354 g/mol. The number of hydrogen-bond acceptors (Lipinski definition) is 2. The lowest BCUT2D eigenvalue weighted by atomic mass is 10.00.